The van der Waals surface area contributed by atoms with Crippen molar-refractivity contribution in [3.05, 3.63) is 94.5 Å². The molecule has 0 aliphatic carbocycles. The standard InChI is InChI=1S/C24H14ClF3N2O2S/c25-16-8-10-17(11-9-16)30-22(32)19(21(31)29-23(30)33)13-14-4-3-5-15(12-14)18-6-1-2-7-20(18)24(26,27)28/h1-13H,(H,29,31,33)/b19-13+. The highest BCUT2D eigenvalue weighted by atomic mass is 35.5. The van der Waals surface area contributed by atoms with Gasteiger partial charge in [0.1, 0.15) is 5.57 Å². The molecule has 1 aliphatic rings. The topological polar surface area (TPSA) is 49.4 Å². The first-order chi connectivity index (χ1) is 15.6. The van der Waals surface area contributed by atoms with E-state index in [1.54, 1.807) is 36.4 Å². The van der Waals surface area contributed by atoms with Gasteiger partial charge in [0.05, 0.1) is 11.3 Å². The highest BCUT2D eigenvalue weighted by Gasteiger charge is 2.35. The number of hydrogen-bond acceptors (Lipinski definition) is 3. The summed E-state index contributed by atoms with van der Waals surface area (Å²) < 4.78 is 40.3. The third-order valence-corrected chi connectivity index (χ3v) is 5.46. The third kappa shape index (κ3) is 4.67. The van der Waals surface area contributed by atoms with Crippen molar-refractivity contribution in [3.8, 4) is 11.1 Å². The summed E-state index contributed by atoms with van der Waals surface area (Å²) in [4.78, 5) is 26.8. The normalized spacial score (nSPS) is 15.7. The van der Waals surface area contributed by atoms with Crippen LogP contribution in [0, 0.1) is 0 Å². The Bertz CT molecular complexity index is 1300. The van der Waals surface area contributed by atoms with Crippen molar-refractivity contribution in [1.29, 1.82) is 0 Å². The molecule has 1 aliphatic heterocycles. The van der Waals surface area contributed by atoms with Crippen LogP contribution < -0.4 is 10.2 Å². The zero-order valence-corrected chi connectivity index (χ0v) is 18.3. The van der Waals surface area contributed by atoms with E-state index in [1.165, 1.54) is 36.4 Å². The summed E-state index contributed by atoms with van der Waals surface area (Å²) in [7, 11) is 0. The number of nitrogens with one attached hydrogen (secondary N) is 1. The quantitative estimate of drug-likeness (QED) is 0.287. The van der Waals surface area contributed by atoms with Crippen LogP contribution in [-0.2, 0) is 15.8 Å². The largest absolute Gasteiger partial charge is 0.417 e. The highest BCUT2D eigenvalue weighted by molar-refractivity contribution is 7.80. The van der Waals surface area contributed by atoms with Crippen molar-refractivity contribution >= 4 is 52.5 Å². The van der Waals surface area contributed by atoms with Crippen molar-refractivity contribution in [1.82, 2.24) is 5.32 Å². The minimum absolute atomic E-state index is 0.00589. The predicted octanol–water partition coefficient (Wildman–Crippen LogP) is 5.86. The third-order valence-electron chi connectivity index (χ3n) is 4.93. The van der Waals surface area contributed by atoms with Gasteiger partial charge in [-0.15, -0.1) is 0 Å². The summed E-state index contributed by atoms with van der Waals surface area (Å²) in [5.41, 5.74) is 0.0972. The monoisotopic (exact) mass is 486 g/mol. The number of nitrogens with zero attached hydrogens (tertiary/aromatic N) is 1. The maximum Gasteiger partial charge on any atom is 0.417 e. The van der Waals surface area contributed by atoms with E-state index in [0.717, 1.165) is 11.0 Å². The van der Waals surface area contributed by atoms with Crippen LogP contribution in [0.25, 0.3) is 17.2 Å². The number of rotatable bonds is 3. The smallest absolute Gasteiger partial charge is 0.298 e. The summed E-state index contributed by atoms with van der Waals surface area (Å²) in [5.74, 6) is -1.36. The number of halogens is 4. The van der Waals surface area contributed by atoms with Crippen molar-refractivity contribution in [3.63, 3.8) is 0 Å². The number of alkyl halides is 3. The Morgan fingerprint density at radius 3 is 2.33 bits per heavy atom. The second kappa shape index (κ2) is 8.80. The van der Waals surface area contributed by atoms with Crippen molar-refractivity contribution in [2.75, 3.05) is 4.90 Å². The Labute approximate surface area is 197 Å². The molecule has 0 spiro atoms. The molecule has 0 bridgehead atoms. The molecule has 2 amide bonds. The minimum Gasteiger partial charge on any atom is -0.298 e. The van der Waals surface area contributed by atoms with Crippen LogP contribution in [0.15, 0.2) is 78.4 Å². The first-order valence-corrected chi connectivity index (χ1v) is 10.4. The molecular weight excluding hydrogens is 473 g/mol. The van der Waals surface area contributed by atoms with Gasteiger partial charge in [-0.05, 0) is 71.4 Å². The van der Waals surface area contributed by atoms with Gasteiger partial charge < -0.3 is 0 Å². The van der Waals surface area contributed by atoms with Gasteiger partial charge in [-0.1, -0.05) is 48.0 Å². The molecule has 1 saturated heterocycles. The van der Waals surface area contributed by atoms with Crippen LogP contribution in [0.2, 0.25) is 5.02 Å². The lowest BCUT2D eigenvalue weighted by atomic mass is 9.97. The Hall–Kier alpha value is -3.49. The fourth-order valence-electron chi connectivity index (χ4n) is 3.43. The van der Waals surface area contributed by atoms with Gasteiger partial charge in [0.15, 0.2) is 5.11 Å². The molecular formula is C24H14ClF3N2O2S. The van der Waals surface area contributed by atoms with Gasteiger partial charge in [0.2, 0.25) is 0 Å². The average Bonchev–Trinajstić information content (AvgIpc) is 2.77. The molecule has 4 rings (SSSR count). The van der Waals surface area contributed by atoms with E-state index in [-0.39, 0.29) is 16.2 Å². The van der Waals surface area contributed by atoms with Crippen LogP contribution in [0.3, 0.4) is 0 Å². The number of benzene rings is 3. The minimum atomic E-state index is -4.53. The zero-order valence-electron chi connectivity index (χ0n) is 16.7. The SMILES string of the molecule is O=C1NC(=S)N(c2ccc(Cl)cc2)C(=O)/C1=C/c1cccc(-c2ccccc2C(F)(F)F)c1. The predicted molar refractivity (Wildman–Crippen MR) is 125 cm³/mol. The first-order valence-electron chi connectivity index (χ1n) is 9.59. The van der Waals surface area contributed by atoms with Gasteiger partial charge in [0.25, 0.3) is 11.8 Å². The summed E-state index contributed by atoms with van der Waals surface area (Å²) in [6, 6.07) is 17.7. The van der Waals surface area contributed by atoms with Gasteiger partial charge in [0, 0.05) is 5.02 Å². The molecule has 0 saturated carbocycles. The molecule has 0 radical (unpaired) electrons. The highest BCUT2D eigenvalue weighted by Crippen LogP contribution is 2.37. The molecule has 9 heteroatoms. The van der Waals surface area contributed by atoms with Crippen molar-refractivity contribution in [2.45, 2.75) is 6.18 Å². The molecule has 0 unspecified atom stereocenters. The Balaban J connectivity index is 1.74. The van der Waals surface area contributed by atoms with Crippen molar-refractivity contribution in [2.24, 2.45) is 0 Å². The number of carbonyl (C=O) groups is 2. The second-order valence-corrected chi connectivity index (χ2v) is 7.93. The fraction of sp³-hybridized carbons (Fsp3) is 0.0417. The van der Waals surface area contributed by atoms with E-state index >= 15 is 0 Å². The van der Waals surface area contributed by atoms with Gasteiger partial charge in [-0.2, -0.15) is 13.2 Å². The Kier molecular flexibility index (Phi) is 6.05. The molecule has 33 heavy (non-hydrogen) atoms. The molecule has 0 atom stereocenters. The Morgan fingerprint density at radius 1 is 0.939 bits per heavy atom. The fourth-order valence-corrected chi connectivity index (χ4v) is 3.83. The van der Waals surface area contributed by atoms with Crippen LogP contribution >= 0.6 is 23.8 Å². The number of hydrogen-bond donors (Lipinski definition) is 1. The van der Waals surface area contributed by atoms with Crippen LogP contribution in [0.1, 0.15) is 11.1 Å². The van der Waals surface area contributed by atoms with Gasteiger partial charge >= 0.3 is 6.18 Å². The average molecular weight is 487 g/mol. The summed E-state index contributed by atoms with van der Waals surface area (Å²) in [6.45, 7) is 0. The number of carbonyl (C=O) groups excluding carboxylic acids is 2. The molecule has 0 aromatic heterocycles. The van der Waals surface area contributed by atoms with Gasteiger partial charge in [-0.25, -0.2) is 0 Å². The number of anilines is 1. The number of amides is 2. The second-order valence-electron chi connectivity index (χ2n) is 7.10. The molecule has 1 heterocycles. The van der Waals surface area contributed by atoms with E-state index < -0.39 is 23.6 Å². The summed E-state index contributed by atoms with van der Waals surface area (Å²) in [6.07, 6.45) is -3.21. The molecule has 4 nitrogen and oxygen atoms in total. The number of thiocarbonyl (C=S) groups is 1. The molecule has 166 valence electrons. The van der Waals surface area contributed by atoms with Crippen molar-refractivity contribution < 1.29 is 22.8 Å². The lowest BCUT2D eigenvalue weighted by Crippen LogP contribution is -2.54. The first kappa shape index (κ1) is 22.7. The molecule has 1 N–H and O–H groups in total. The van der Waals surface area contributed by atoms with Crippen LogP contribution in [-0.4, -0.2) is 16.9 Å². The summed E-state index contributed by atoms with van der Waals surface area (Å²) in [5, 5.41) is 2.84. The zero-order chi connectivity index (χ0) is 23.8. The van der Waals surface area contributed by atoms with Crippen LogP contribution in [0.5, 0.6) is 0 Å². The molecule has 3 aromatic rings. The summed E-state index contributed by atoms with van der Waals surface area (Å²) >= 11 is 11.1. The van der Waals surface area contributed by atoms with E-state index in [1.807, 2.05) is 0 Å². The van der Waals surface area contributed by atoms with Crippen LogP contribution in [0.4, 0.5) is 18.9 Å². The van der Waals surface area contributed by atoms with Gasteiger partial charge in [-0.3, -0.25) is 19.8 Å². The maximum absolute atomic E-state index is 13.4. The maximum atomic E-state index is 13.4. The van der Waals surface area contributed by atoms with E-state index in [0.29, 0.717) is 21.8 Å². The molecule has 1 fully saturated rings. The Morgan fingerprint density at radius 2 is 1.64 bits per heavy atom. The van der Waals surface area contributed by atoms with E-state index in [4.69, 9.17) is 23.8 Å². The lowest BCUT2D eigenvalue weighted by Gasteiger charge is -2.29. The van der Waals surface area contributed by atoms with E-state index in [2.05, 4.69) is 5.32 Å². The molecule has 3 aromatic carbocycles. The lowest BCUT2D eigenvalue weighted by molar-refractivity contribution is -0.137. The van der Waals surface area contributed by atoms with E-state index in [9.17, 15) is 22.8 Å².